The van der Waals surface area contributed by atoms with Crippen molar-refractivity contribution in [3.05, 3.63) is 114 Å². The molecule has 0 radical (unpaired) electrons. The SMILES string of the molecule is N#Cc1ccc(/C=C/c2cccc(/C=C/c3ccc(C#N)cc3[N+](=O)[O-])c2)c([N+](=O)[O-])c1. The highest BCUT2D eigenvalue weighted by Crippen LogP contribution is 2.24. The number of nitrogens with zero attached hydrogens (tertiary/aromatic N) is 4. The van der Waals surface area contributed by atoms with Gasteiger partial charge in [0.15, 0.2) is 0 Å². The second kappa shape index (κ2) is 9.61. The molecule has 3 rings (SSSR count). The predicted molar refractivity (Wildman–Crippen MR) is 120 cm³/mol. The van der Waals surface area contributed by atoms with E-state index >= 15 is 0 Å². The largest absolute Gasteiger partial charge is 0.277 e. The monoisotopic (exact) mass is 422 g/mol. The summed E-state index contributed by atoms with van der Waals surface area (Å²) in [5.41, 5.74) is 2.34. The molecule has 32 heavy (non-hydrogen) atoms. The molecule has 0 aliphatic carbocycles. The maximum absolute atomic E-state index is 11.3. The molecule has 154 valence electrons. The van der Waals surface area contributed by atoms with Gasteiger partial charge in [0.1, 0.15) is 0 Å². The van der Waals surface area contributed by atoms with E-state index in [4.69, 9.17) is 10.5 Å². The van der Waals surface area contributed by atoms with Crippen molar-refractivity contribution in [1.29, 1.82) is 10.5 Å². The fourth-order valence-electron chi connectivity index (χ4n) is 2.96. The highest BCUT2D eigenvalue weighted by Gasteiger charge is 2.13. The maximum Gasteiger partial charge on any atom is 0.277 e. The van der Waals surface area contributed by atoms with Crippen molar-refractivity contribution in [3.63, 3.8) is 0 Å². The summed E-state index contributed by atoms with van der Waals surface area (Å²) in [6.07, 6.45) is 6.59. The van der Waals surface area contributed by atoms with Crippen LogP contribution in [0.3, 0.4) is 0 Å². The second-order valence-corrected chi connectivity index (χ2v) is 6.62. The molecule has 0 unspecified atom stereocenters. The summed E-state index contributed by atoms with van der Waals surface area (Å²) in [5, 5.41) is 40.4. The Labute approximate surface area is 182 Å². The molecule has 8 nitrogen and oxygen atoms in total. The molecule has 0 heterocycles. The summed E-state index contributed by atoms with van der Waals surface area (Å²) < 4.78 is 0. The van der Waals surface area contributed by atoms with Gasteiger partial charge in [-0.1, -0.05) is 30.4 Å². The highest BCUT2D eigenvalue weighted by molar-refractivity contribution is 5.78. The van der Waals surface area contributed by atoms with E-state index in [1.807, 2.05) is 30.3 Å². The fourth-order valence-corrected chi connectivity index (χ4v) is 2.96. The molecular formula is C24H14N4O4. The van der Waals surface area contributed by atoms with Gasteiger partial charge in [-0.25, -0.2) is 0 Å². The molecule has 0 bridgehead atoms. The number of nitriles is 2. The van der Waals surface area contributed by atoms with E-state index in [1.54, 1.807) is 30.4 Å². The Hall–Kier alpha value is -5.08. The number of hydrogen-bond donors (Lipinski definition) is 0. The summed E-state index contributed by atoms with van der Waals surface area (Å²) in [4.78, 5) is 21.5. The molecule has 3 aromatic carbocycles. The summed E-state index contributed by atoms with van der Waals surface area (Å²) in [6, 6.07) is 19.5. The first-order chi connectivity index (χ1) is 15.4. The van der Waals surface area contributed by atoms with Gasteiger partial charge in [0.05, 0.1) is 44.2 Å². The van der Waals surface area contributed by atoms with Crippen LogP contribution < -0.4 is 0 Å². The van der Waals surface area contributed by atoms with Crippen molar-refractivity contribution >= 4 is 35.7 Å². The zero-order valence-corrected chi connectivity index (χ0v) is 16.5. The number of hydrogen-bond acceptors (Lipinski definition) is 6. The second-order valence-electron chi connectivity index (χ2n) is 6.62. The van der Waals surface area contributed by atoms with Crippen molar-refractivity contribution in [2.75, 3.05) is 0 Å². The molecule has 0 spiro atoms. The molecule has 0 saturated carbocycles. The lowest BCUT2D eigenvalue weighted by atomic mass is 10.0. The van der Waals surface area contributed by atoms with Crippen LogP contribution in [0.1, 0.15) is 33.4 Å². The van der Waals surface area contributed by atoms with Crippen molar-refractivity contribution in [1.82, 2.24) is 0 Å². The van der Waals surface area contributed by atoms with Crippen LogP contribution in [0.2, 0.25) is 0 Å². The Morgan fingerprint density at radius 1 is 0.656 bits per heavy atom. The first-order valence-corrected chi connectivity index (χ1v) is 9.24. The Morgan fingerprint density at radius 3 is 1.47 bits per heavy atom. The third-order valence-electron chi connectivity index (χ3n) is 4.53. The molecule has 0 aromatic heterocycles. The normalized spacial score (nSPS) is 10.7. The van der Waals surface area contributed by atoms with Gasteiger partial charge in [-0.05, 0) is 53.6 Å². The zero-order valence-electron chi connectivity index (χ0n) is 16.5. The van der Waals surface area contributed by atoms with Gasteiger partial charge in [0, 0.05) is 12.1 Å². The average molecular weight is 422 g/mol. The Bertz CT molecular complexity index is 1260. The predicted octanol–water partition coefficient (Wildman–Crippen LogP) is 5.59. The quantitative estimate of drug-likeness (QED) is 0.289. The van der Waals surface area contributed by atoms with E-state index in [0.717, 1.165) is 11.1 Å². The van der Waals surface area contributed by atoms with Gasteiger partial charge in [0.2, 0.25) is 0 Å². The van der Waals surface area contributed by atoms with E-state index in [-0.39, 0.29) is 22.5 Å². The van der Waals surface area contributed by atoms with E-state index in [0.29, 0.717) is 11.1 Å². The average Bonchev–Trinajstić information content (AvgIpc) is 2.81. The number of benzene rings is 3. The van der Waals surface area contributed by atoms with Crippen molar-refractivity contribution < 1.29 is 9.85 Å². The lowest BCUT2D eigenvalue weighted by Gasteiger charge is -2.01. The number of nitro benzene ring substituents is 2. The fraction of sp³-hybridized carbons (Fsp3) is 0. The summed E-state index contributed by atoms with van der Waals surface area (Å²) in [5.74, 6) is 0. The Kier molecular flexibility index (Phi) is 6.50. The zero-order chi connectivity index (χ0) is 23.1. The Balaban J connectivity index is 1.88. The van der Waals surface area contributed by atoms with Crippen molar-refractivity contribution in [2.45, 2.75) is 0 Å². The van der Waals surface area contributed by atoms with E-state index in [2.05, 4.69) is 0 Å². The van der Waals surface area contributed by atoms with Crippen LogP contribution in [0.4, 0.5) is 11.4 Å². The molecule has 0 atom stereocenters. The molecule has 8 heteroatoms. The first-order valence-electron chi connectivity index (χ1n) is 9.24. The minimum Gasteiger partial charge on any atom is -0.258 e. The third kappa shape index (κ3) is 5.09. The smallest absolute Gasteiger partial charge is 0.258 e. The van der Waals surface area contributed by atoms with Gasteiger partial charge in [-0.2, -0.15) is 10.5 Å². The van der Waals surface area contributed by atoms with Crippen LogP contribution in [-0.4, -0.2) is 9.85 Å². The summed E-state index contributed by atoms with van der Waals surface area (Å²) in [7, 11) is 0. The van der Waals surface area contributed by atoms with Crippen LogP contribution in [0.15, 0.2) is 60.7 Å². The lowest BCUT2D eigenvalue weighted by Crippen LogP contribution is -1.92. The third-order valence-corrected chi connectivity index (χ3v) is 4.53. The van der Waals surface area contributed by atoms with E-state index < -0.39 is 9.85 Å². The summed E-state index contributed by atoms with van der Waals surface area (Å²) in [6.45, 7) is 0. The molecule has 0 saturated heterocycles. The lowest BCUT2D eigenvalue weighted by molar-refractivity contribution is -0.385. The molecular weight excluding hydrogens is 408 g/mol. The standard InChI is InChI=1S/C24H14N4O4/c25-15-19-6-10-21(23(13-19)27(29)30)8-4-17-2-1-3-18(12-17)5-9-22-11-7-20(16-26)14-24(22)28(31)32/h1-14H/b8-4+,9-5+. The number of nitro groups is 2. The first kappa shape index (κ1) is 21.6. The van der Waals surface area contributed by atoms with Crippen LogP contribution in [0.5, 0.6) is 0 Å². The van der Waals surface area contributed by atoms with Gasteiger partial charge < -0.3 is 0 Å². The summed E-state index contributed by atoms with van der Waals surface area (Å²) >= 11 is 0. The minimum atomic E-state index is -0.538. The molecule has 0 amide bonds. The van der Waals surface area contributed by atoms with E-state index in [9.17, 15) is 20.2 Å². The minimum absolute atomic E-state index is 0.163. The molecule has 0 N–H and O–H groups in total. The van der Waals surface area contributed by atoms with Gasteiger partial charge in [-0.3, -0.25) is 20.2 Å². The van der Waals surface area contributed by atoms with Crippen LogP contribution in [0, 0.1) is 42.9 Å². The van der Waals surface area contributed by atoms with Gasteiger partial charge in [0.25, 0.3) is 11.4 Å². The highest BCUT2D eigenvalue weighted by atomic mass is 16.6. The van der Waals surface area contributed by atoms with Crippen molar-refractivity contribution in [2.24, 2.45) is 0 Å². The maximum atomic E-state index is 11.3. The van der Waals surface area contributed by atoms with Crippen LogP contribution in [-0.2, 0) is 0 Å². The molecule has 0 fully saturated rings. The number of rotatable bonds is 6. The topological polar surface area (TPSA) is 134 Å². The molecule has 0 aliphatic heterocycles. The van der Waals surface area contributed by atoms with Crippen LogP contribution >= 0.6 is 0 Å². The van der Waals surface area contributed by atoms with Gasteiger partial charge >= 0.3 is 0 Å². The Morgan fingerprint density at radius 2 is 1.09 bits per heavy atom. The van der Waals surface area contributed by atoms with E-state index in [1.165, 1.54) is 36.4 Å². The molecule has 0 aliphatic rings. The van der Waals surface area contributed by atoms with Crippen LogP contribution in [0.25, 0.3) is 24.3 Å². The van der Waals surface area contributed by atoms with Crippen molar-refractivity contribution in [3.8, 4) is 12.1 Å². The molecule has 3 aromatic rings. The van der Waals surface area contributed by atoms with Gasteiger partial charge in [-0.15, -0.1) is 0 Å².